The standard InChI is InChI=1S/C20H21N5O2/c26-19(20(13-5-2-6-14-20)25-15-21-23-24-25)22-16-9-11-18(12-10-16)27-17-7-3-1-4-8-17/h1,3-4,7-12,15H,2,5-6,13-14H2,(H,22,26). The average molecular weight is 363 g/mol. The molecule has 138 valence electrons. The quantitative estimate of drug-likeness (QED) is 0.746. The van der Waals surface area contributed by atoms with Gasteiger partial charge in [0.25, 0.3) is 5.91 Å². The van der Waals surface area contributed by atoms with E-state index in [1.807, 2.05) is 54.6 Å². The minimum atomic E-state index is -0.721. The van der Waals surface area contributed by atoms with Crippen molar-refractivity contribution in [2.45, 2.75) is 37.6 Å². The molecular formula is C20H21N5O2. The number of carbonyl (C=O) groups excluding carboxylic acids is 1. The van der Waals surface area contributed by atoms with Gasteiger partial charge in [-0.05, 0) is 59.7 Å². The summed E-state index contributed by atoms with van der Waals surface area (Å²) in [4.78, 5) is 13.1. The Morgan fingerprint density at radius 2 is 1.67 bits per heavy atom. The molecule has 4 rings (SSSR count). The number of nitrogens with zero attached hydrogens (tertiary/aromatic N) is 4. The molecule has 3 aromatic rings. The Balaban J connectivity index is 1.48. The number of para-hydroxylation sites is 1. The zero-order chi connectivity index (χ0) is 18.5. The fourth-order valence-electron chi connectivity index (χ4n) is 3.53. The van der Waals surface area contributed by atoms with Crippen LogP contribution in [-0.4, -0.2) is 26.1 Å². The molecule has 1 saturated carbocycles. The number of aromatic nitrogens is 4. The van der Waals surface area contributed by atoms with E-state index in [9.17, 15) is 4.79 Å². The van der Waals surface area contributed by atoms with Crippen molar-refractivity contribution < 1.29 is 9.53 Å². The zero-order valence-corrected chi connectivity index (χ0v) is 14.9. The van der Waals surface area contributed by atoms with Crippen LogP contribution in [-0.2, 0) is 10.3 Å². The molecule has 1 aliphatic rings. The number of amides is 1. The normalized spacial score (nSPS) is 15.9. The molecular weight excluding hydrogens is 342 g/mol. The van der Waals surface area contributed by atoms with E-state index < -0.39 is 5.54 Å². The Hall–Kier alpha value is -3.22. The summed E-state index contributed by atoms with van der Waals surface area (Å²) in [5, 5.41) is 14.5. The molecule has 1 amide bonds. The number of tetrazole rings is 1. The van der Waals surface area contributed by atoms with Crippen LogP contribution in [0.15, 0.2) is 60.9 Å². The SMILES string of the molecule is O=C(Nc1ccc(Oc2ccccc2)cc1)C1(n2cnnn2)CCCCC1. The second-order valence-electron chi connectivity index (χ2n) is 6.74. The predicted molar refractivity (Wildman–Crippen MR) is 100 cm³/mol. The van der Waals surface area contributed by atoms with E-state index in [0.717, 1.165) is 43.5 Å². The highest BCUT2D eigenvalue weighted by Gasteiger charge is 2.42. The van der Waals surface area contributed by atoms with Gasteiger partial charge in [-0.3, -0.25) is 4.79 Å². The molecule has 1 aromatic heterocycles. The number of anilines is 1. The molecule has 1 aliphatic carbocycles. The maximum atomic E-state index is 13.1. The molecule has 1 heterocycles. The van der Waals surface area contributed by atoms with Crippen molar-refractivity contribution in [2.24, 2.45) is 0 Å². The van der Waals surface area contributed by atoms with Gasteiger partial charge in [0.05, 0.1) is 0 Å². The smallest absolute Gasteiger partial charge is 0.252 e. The number of hydrogen-bond acceptors (Lipinski definition) is 5. The first-order valence-corrected chi connectivity index (χ1v) is 9.14. The Labute approximate surface area is 157 Å². The molecule has 0 saturated heterocycles. The second kappa shape index (κ2) is 7.57. The molecule has 1 N–H and O–H groups in total. The van der Waals surface area contributed by atoms with Crippen LogP contribution in [0, 0.1) is 0 Å². The van der Waals surface area contributed by atoms with Crippen molar-refractivity contribution in [3.8, 4) is 11.5 Å². The highest BCUT2D eigenvalue weighted by Crippen LogP contribution is 2.35. The summed E-state index contributed by atoms with van der Waals surface area (Å²) in [6.07, 6.45) is 6.09. The monoisotopic (exact) mass is 363 g/mol. The summed E-state index contributed by atoms with van der Waals surface area (Å²) in [5.74, 6) is 1.41. The number of benzene rings is 2. The minimum Gasteiger partial charge on any atom is -0.457 e. The van der Waals surface area contributed by atoms with Crippen LogP contribution in [0.3, 0.4) is 0 Å². The third-order valence-corrected chi connectivity index (χ3v) is 4.98. The number of ether oxygens (including phenoxy) is 1. The lowest BCUT2D eigenvalue weighted by Gasteiger charge is -2.35. The molecule has 0 radical (unpaired) electrons. The van der Waals surface area contributed by atoms with Gasteiger partial charge in [-0.2, -0.15) is 0 Å². The van der Waals surface area contributed by atoms with E-state index in [2.05, 4.69) is 20.8 Å². The van der Waals surface area contributed by atoms with Gasteiger partial charge in [-0.25, -0.2) is 4.68 Å². The third kappa shape index (κ3) is 3.67. The maximum Gasteiger partial charge on any atom is 0.252 e. The van der Waals surface area contributed by atoms with E-state index in [4.69, 9.17) is 4.74 Å². The van der Waals surface area contributed by atoms with Crippen LogP contribution in [0.2, 0.25) is 0 Å². The van der Waals surface area contributed by atoms with E-state index in [1.165, 1.54) is 6.33 Å². The fourth-order valence-corrected chi connectivity index (χ4v) is 3.53. The van der Waals surface area contributed by atoms with Gasteiger partial charge < -0.3 is 10.1 Å². The highest BCUT2D eigenvalue weighted by atomic mass is 16.5. The summed E-state index contributed by atoms with van der Waals surface area (Å²) < 4.78 is 7.40. The van der Waals surface area contributed by atoms with Crippen LogP contribution in [0.4, 0.5) is 5.69 Å². The molecule has 0 spiro atoms. The lowest BCUT2D eigenvalue weighted by molar-refractivity contribution is -0.126. The van der Waals surface area contributed by atoms with Crippen molar-refractivity contribution >= 4 is 11.6 Å². The first-order chi connectivity index (χ1) is 13.3. The van der Waals surface area contributed by atoms with Crippen LogP contribution in [0.5, 0.6) is 11.5 Å². The topological polar surface area (TPSA) is 81.9 Å². The van der Waals surface area contributed by atoms with Crippen molar-refractivity contribution in [3.63, 3.8) is 0 Å². The minimum absolute atomic E-state index is 0.0776. The van der Waals surface area contributed by atoms with Crippen LogP contribution >= 0.6 is 0 Å². The van der Waals surface area contributed by atoms with E-state index in [0.29, 0.717) is 5.75 Å². The van der Waals surface area contributed by atoms with E-state index in [1.54, 1.807) is 4.68 Å². The summed E-state index contributed by atoms with van der Waals surface area (Å²) >= 11 is 0. The average Bonchev–Trinajstić information content (AvgIpc) is 3.26. The Kier molecular flexibility index (Phi) is 4.82. The maximum absolute atomic E-state index is 13.1. The molecule has 0 atom stereocenters. The Morgan fingerprint density at radius 3 is 2.33 bits per heavy atom. The van der Waals surface area contributed by atoms with Crippen LogP contribution in [0.1, 0.15) is 32.1 Å². The third-order valence-electron chi connectivity index (χ3n) is 4.98. The Bertz CT molecular complexity index is 873. The molecule has 2 aromatic carbocycles. The number of carbonyl (C=O) groups is 1. The largest absolute Gasteiger partial charge is 0.457 e. The summed E-state index contributed by atoms with van der Waals surface area (Å²) in [5.41, 5.74) is -0.000497. The first-order valence-electron chi connectivity index (χ1n) is 9.14. The molecule has 27 heavy (non-hydrogen) atoms. The molecule has 0 unspecified atom stereocenters. The van der Waals surface area contributed by atoms with Gasteiger partial charge in [0, 0.05) is 5.69 Å². The van der Waals surface area contributed by atoms with Gasteiger partial charge in [0.15, 0.2) is 0 Å². The molecule has 7 heteroatoms. The zero-order valence-electron chi connectivity index (χ0n) is 14.9. The fraction of sp³-hybridized carbons (Fsp3) is 0.300. The van der Waals surface area contributed by atoms with E-state index in [-0.39, 0.29) is 5.91 Å². The lowest BCUT2D eigenvalue weighted by atomic mass is 9.81. The molecule has 7 nitrogen and oxygen atoms in total. The second-order valence-corrected chi connectivity index (χ2v) is 6.74. The van der Waals surface area contributed by atoms with Crippen molar-refractivity contribution in [1.82, 2.24) is 20.2 Å². The van der Waals surface area contributed by atoms with Gasteiger partial charge in [-0.15, -0.1) is 5.10 Å². The predicted octanol–water partition coefficient (Wildman–Crippen LogP) is 3.76. The van der Waals surface area contributed by atoms with E-state index >= 15 is 0 Å². The molecule has 0 aliphatic heterocycles. The number of hydrogen-bond donors (Lipinski definition) is 1. The van der Waals surface area contributed by atoms with Crippen molar-refractivity contribution in [1.29, 1.82) is 0 Å². The number of nitrogens with one attached hydrogen (secondary N) is 1. The van der Waals surface area contributed by atoms with Crippen LogP contribution in [0.25, 0.3) is 0 Å². The van der Waals surface area contributed by atoms with Crippen LogP contribution < -0.4 is 10.1 Å². The van der Waals surface area contributed by atoms with Gasteiger partial charge >= 0.3 is 0 Å². The summed E-state index contributed by atoms with van der Waals surface area (Å²) in [6.45, 7) is 0. The summed E-state index contributed by atoms with van der Waals surface area (Å²) in [6, 6.07) is 16.9. The Morgan fingerprint density at radius 1 is 0.963 bits per heavy atom. The molecule has 0 bridgehead atoms. The van der Waals surface area contributed by atoms with Gasteiger partial charge in [-0.1, -0.05) is 37.5 Å². The van der Waals surface area contributed by atoms with Gasteiger partial charge in [0.1, 0.15) is 23.4 Å². The van der Waals surface area contributed by atoms with Crippen molar-refractivity contribution in [3.05, 3.63) is 60.9 Å². The van der Waals surface area contributed by atoms with Gasteiger partial charge in [0.2, 0.25) is 0 Å². The lowest BCUT2D eigenvalue weighted by Crippen LogP contribution is -2.47. The van der Waals surface area contributed by atoms with Crippen molar-refractivity contribution in [2.75, 3.05) is 5.32 Å². The molecule has 1 fully saturated rings. The summed E-state index contributed by atoms with van der Waals surface area (Å²) in [7, 11) is 0. The first kappa shape index (κ1) is 17.2. The highest BCUT2D eigenvalue weighted by molar-refractivity contribution is 5.96. The number of rotatable bonds is 5.